The summed E-state index contributed by atoms with van der Waals surface area (Å²) in [5, 5.41) is -8.47. The maximum Gasteiger partial charge on any atom is 0.421 e. The third-order valence-electron chi connectivity index (χ3n) is 18.5. The summed E-state index contributed by atoms with van der Waals surface area (Å²) in [6.45, 7) is 1.68. The van der Waals surface area contributed by atoms with Gasteiger partial charge < -0.3 is 9.11 Å². The summed E-state index contributed by atoms with van der Waals surface area (Å²) < 4.78 is 284. The molecule has 6 aliphatic rings. The normalized spacial score (nSPS) is 18.4. The minimum atomic E-state index is -5.66. The van der Waals surface area contributed by atoms with E-state index in [9.17, 15) is 96.2 Å². The highest BCUT2D eigenvalue weighted by atomic mass is 32.2. The summed E-state index contributed by atoms with van der Waals surface area (Å²) in [7, 11) is -14.5. The molecule has 0 amide bonds. The Morgan fingerprint density at radius 3 is 0.816 bits per heavy atom. The van der Waals surface area contributed by atoms with Crippen LogP contribution in [0.2, 0.25) is 0 Å². The first kappa shape index (κ1) is 75.7. The van der Waals surface area contributed by atoms with Crippen LogP contribution in [0.15, 0.2) is 278 Å². The summed E-state index contributed by atoms with van der Waals surface area (Å²) in [6.07, 6.45) is -19.7. The van der Waals surface area contributed by atoms with Gasteiger partial charge >= 0.3 is 35.2 Å². The maximum absolute atomic E-state index is 13.9. The predicted molar refractivity (Wildman–Crippen MR) is 356 cm³/mol. The van der Waals surface area contributed by atoms with Crippen LogP contribution in [0.1, 0.15) is 122 Å². The summed E-state index contributed by atoms with van der Waals surface area (Å²) in [4.78, 5) is 0.0737. The zero-order valence-corrected chi connectivity index (χ0v) is 56.9. The van der Waals surface area contributed by atoms with Gasteiger partial charge in [0.15, 0.2) is 49.6 Å². The number of benzene rings is 10. The summed E-state index contributed by atoms with van der Waals surface area (Å²) in [5.41, 5.74) is 5.23. The second kappa shape index (κ2) is 29.3. The lowest BCUT2D eigenvalue weighted by Crippen LogP contribution is -2.38. The van der Waals surface area contributed by atoms with Gasteiger partial charge in [0, 0.05) is 42.1 Å². The fraction of sp³-hybridized carbons (Fsp3) is 0.221. The van der Waals surface area contributed by atoms with E-state index in [0.717, 1.165) is 68.8 Å². The lowest BCUT2D eigenvalue weighted by atomic mass is 9.58. The highest BCUT2D eigenvalue weighted by Gasteiger charge is 2.53. The van der Waals surface area contributed by atoms with Crippen molar-refractivity contribution in [3.8, 4) is 0 Å². The molecule has 0 saturated heterocycles. The summed E-state index contributed by atoms with van der Waals surface area (Å²) in [5.74, 6) is -1.79. The van der Waals surface area contributed by atoms with Gasteiger partial charge in [-0.1, -0.05) is 182 Å². The van der Waals surface area contributed by atoms with Crippen LogP contribution in [0.5, 0.6) is 0 Å². The third-order valence-corrected chi connectivity index (χ3v) is 25.1. The van der Waals surface area contributed by atoms with Gasteiger partial charge in [0.1, 0.15) is 44.0 Å². The molecule has 16 rings (SSSR count). The Morgan fingerprint density at radius 2 is 0.544 bits per heavy atom. The highest BCUT2D eigenvalue weighted by molar-refractivity contribution is 7.97. The Labute approximate surface area is 588 Å². The van der Waals surface area contributed by atoms with Crippen molar-refractivity contribution in [1.82, 2.24) is 0 Å². The Morgan fingerprint density at radius 1 is 0.311 bits per heavy atom. The standard InChI is InChI=1S/C21H15F6S.C20H13F6S.2C18H16F2O3S/c1-14-8-2-5-11-17(14)28(18-12-6-3-9-15(18)20(22,23)24)19-13-7-4-10-16(19)21(25,26)27;21-19(22,23)15-10-4-6-12-17(15)27(14-8-2-1-3-9-14)18-13-7-5-11-16(18)20(24,25)26;2*19-18(20,24(21,22)23)10-11-9-16-12-5-1-3-7-14(12)17(11)15-8-4-2-6-13(15)16/h2-13H,1H3;1-13H;2*1-8,11,16-17H,9-10H2,(H,21,22,23)/q2*+1;;/p-2. The van der Waals surface area contributed by atoms with Crippen molar-refractivity contribution in [2.24, 2.45) is 11.8 Å². The van der Waals surface area contributed by atoms with Crippen molar-refractivity contribution >= 4 is 42.0 Å². The molecule has 0 N–H and O–H groups in total. The maximum atomic E-state index is 13.9. The molecule has 6 nitrogen and oxygen atoms in total. The second-order valence-electron chi connectivity index (χ2n) is 24.8. The van der Waals surface area contributed by atoms with Crippen LogP contribution in [-0.2, 0) is 66.7 Å². The largest absolute Gasteiger partial charge is 0.743 e. The molecular weight excluding hydrogens is 1450 g/mol. The van der Waals surface area contributed by atoms with Crippen LogP contribution in [0, 0.1) is 18.8 Å². The molecule has 0 radical (unpaired) electrons. The SMILES string of the molecule is Cc1ccccc1[S+](c1ccccc1C(F)(F)F)c1ccccc1C(F)(F)F.FC(F)(F)c1ccccc1[S+](c1ccccc1)c1ccccc1C(F)(F)F.O=S(=O)([O-])C(F)(F)CC1CC2c3ccccc3C1c1ccccc12.O=S(=O)([O-])C(F)(F)CC1CC2c3ccccc3C1c1ccccc12. The number of alkyl halides is 16. The highest BCUT2D eigenvalue weighted by Crippen LogP contribution is 2.60. The van der Waals surface area contributed by atoms with Crippen molar-refractivity contribution < 1.29 is 96.2 Å². The summed E-state index contributed by atoms with van der Waals surface area (Å²) >= 11 is 0. The zero-order chi connectivity index (χ0) is 74.4. The first-order chi connectivity index (χ1) is 48.4. The monoisotopic (exact) mass is 1510 g/mol. The van der Waals surface area contributed by atoms with E-state index in [2.05, 4.69) is 0 Å². The molecule has 10 aromatic carbocycles. The number of rotatable bonds is 12. The molecule has 103 heavy (non-hydrogen) atoms. The van der Waals surface area contributed by atoms with Crippen molar-refractivity contribution in [3.63, 3.8) is 0 Å². The van der Waals surface area contributed by atoms with Crippen molar-refractivity contribution in [2.75, 3.05) is 0 Å². The quantitative estimate of drug-likeness (QED) is 0.0684. The van der Waals surface area contributed by atoms with E-state index in [0.29, 0.717) is 28.2 Å². The van der Waals surface area contributed by atoms with Crippen molar-refractivity contribution in [3.05, 3.63) is 321 Å². The van der Waals surface area contributed by atoms with Gasteiger partial charge in [-0.05, 0) is 143 Å². The molecule has 0 spiro atoms. The first-order valence-corrected chi connectivity index (χ1v) is 36.9. The molecule has 0 heterocycles. The van der Waals surface area contributed by atoms with E-state index in [1.807, 2.05) is 97.1 Å². The minimum Gasteiger partial charge on any atom is -0.743 e. The van der Waals surface area contributed by atoms with E-state index in [4.69, 9.17) is 0 Å². The molecule has 0 saturated carbocycles. The third kappa shape index (κ3) is 15.8. The molecule has 2 unspecified atom stereocenters. The fourth-order valence-corrected chi connectivity index (χ4v) is 20.1. The van der Waals surface area contributed by atoms with Crippen LogP contribution in [0.3, 0.4) is 0 Å². The van der Waals surface area contributed by atoms with Crippen molar-refractivity contribution in [1.29, 1.82) is 0 Å². The Hall–Kier alpha value is -8.40. The average Bonchev–Trinajstić information content (AvgIpc) is 0.715. The molecule has 2 atom stereocenters. The fourth-order valence-electron chi connectivity index (χ4n) is 14.3. The molecule has 0 fully saturated rings. The number of aryl methyl sites for hydroxylation is 1. The van der Waals surface area contributed by atoms with Crippen LogP contribution in [0.4, 0.5) is 70.2 Å². The average molecular weight is 1510 g/mol. The van der Waals surface area contributed by atoms with E-state index in [-0.39, 0.29) is 43.3 Å². The smallest absolute Gasteiger partial charge is 0.421 e. The van der Waals surface area contributed by atoms with Gasteiger partial charge in [-0.25, -0.2) is 16.8 Å². The lowest BCUT2D eigenvalue weighted by Gasteiger charge is -2.46. The van der Waals surface area contributed by atoms with E-state index >= 15 is 0 Å². The molecule has 0 aromatic heterocycles. The molecule has 4 bridgehead atoms. The van der Waals surface area contributed by atoms with Gasteiger partial charge in [0.2, 0.25) is 0 Å². The van der Waals surface area contributed by atoms with Crippen LogP contribution < -0.4 is 0 Å². The Bertz CT molecular complexity index is 4590. The van der Waals surface area contributed by atoms with E-state index in [1.54, 1.807) is 61.5 Å². The number of halogens is 16. The van der Waals surface area contributed by atoms with Gasteiger partial charge in [0.25, 0.3) is 0 Å². The predicted octanol–water partition coefficient (Wildman–Crippen LogP) is 21.6. The Kier molecular flexibility index (Phi) is 21.5. The lowest BCUT2D eigenvalue weighted by molar-refractivity contribution is -0.141. The number of fused-ring (bicyclic) bond motifs is 2. The molecule has 538 valence electrons. The van der Waals surface area contributed by atoms with Gasteiger partial charge in [-0.2, -0.15) is 70.2 Å². The summed E-state index contributed by atoms with van der Waals surface area (Å²) in [6, 6.07) is 64.5. The molecule has 26 heteroatoms. The van der Waals surface area contributed by atoms with Gasteiger partial charge in [-0.3, -0.25) is 0 Å². The molecule has 6 aliphatic carbocycles. The molecule has 10 aromatic rings. The molecule has 0 aliphatic heterocycles. The number of hydrogen-bond acceptors (Lipinski definition) is 6. The van der Waals surface area contributed by atoms with Crippen molar-refractivity contribution in [2.45, 2.75) is 121 Å². The van der Waals surface area contributed by atoms with Gasteiger partial charge in [0.05, 0.1) is 0 Å². The second-order valence-corrected chi connectivity index (χ2v) is 31.7. The zero-order valence-electron chi connectivity index (χ0n) is 53.6. The van der Waals surface area contributed by atoms with E-state index < -0.39 is 124 Å². The number of hydrogen-bond donors (Lipinski definition) is 0. The van der Waals surface area contributed by atoms with Crippen LogP contribution >= 0.6 is 0 Å². The minimum absolute atomic E-state index is 0.0300. The van der Waals surface area contributed by atoms with E-state index in [1.165, 1.54) is 72.8 Å². The Balaban J connectivity index is 0.000000138. The first-order valence-electron chi connectivity index (χ1n) is 31.6. The van der Waals surface area contributed by atoms with Gasteiger partial charge in [-0.15, -0.1) is 0 Å². The molecular formula is C77H58F16O6S4. The van der Waals surface area contributed by atoms with Crippen LogP contribution in [0.25, 0.3) is 0 Å². The van der Waals surface area contributed by atoms with Crippen LogP contribution in [-0.4, -0.2) is 36.5 Å². The topological polar surface area (TPSA) is 114 Å².